The number of benzene rings is 1. The number of pyridine rings is 1. The zero-order valence-corrected chi connectivity index (χ0v) is 16.0. The summed E-state index contributed by atoms with van der Waals surface area (Å²) in [7, 11) is 0. The molecule has 0 radical (unpaired) electrons. The second kappa shape index (κ2) is 8.65. The highest BCUT2D eigenvalue weighted by molar-refractivity contribution is 5.54. The Morgan fingerprint density at radius 1 is 0.862 bits per heavy atom. The molecule has 4 aromatic rings. The van der Waals surface area contributed by atoms with E-state index in [1.54, 1.807) is 24.8 Å². The maximum absolute atomic E-state index is 13.2. The van der Waals surface area contributed by atoms with Crippen LogP contribution in [0, 0.1) is 5.82 Å². The molecule has 0 spiro atoms. The smallest absolute Gasteiger partial charge is 0.129 e. The minimum absolute atomic E-state index is 0.152. The average molecular weight is 385 g/mol. The maximum Gasteiger partial charge on any atom is 0.129 e. The van der Waals surface area contributed by atoms with E-state index in [-0.39, 0.29) is 11.7 Å². The van der Waals surface area contributed by atoms with Crippen LogP contribution < -0.4 is 0 Å². The van der Waals surface area contributed by atoms with E-state index in [4.69, 9.17) is 9.97 Å². The van der Waals surface area contributed by atoms with Gasteiger partial charge in [0.05, 0.1) is 22.8 Å². The lowest BCUT2D eigenvalue weighted by molar-refractivity contribution is 0.624. The molecule has 0 amide bonds. The summed E-state index contributed by atoms with van der Waals surface area (Å²) >= 11 is 0. The van der Waals surface area contributed by atoms with Crippen molar-refractivity contribution < 1.29 is 4.39 Å². The molecule has 1 atom stereocenters. The van der Waals surface area contributed by atoms with Gasteiger partial charge in [-0.1, -0.05) is 25.1 Å². The largest absolute Gasteiger partial charge is 0.261 e. The van der Waals surface area contributed by atoms with Gasteiger partial charge in [-0.2, -0.15) is 0 Å². The van der Waals surface area contributed by atoms with Crippen molar-refractivity contribution in [3.8, 4) is 11.4 Å². The van der Waals surface area contributed by atoms with Gasteiger partial charge in [0.2, 0.25) is 0 Å². The topological polar surface area (TPSA) is 64.5 Å². The molecular weight excluding hydrogens is 365 g/mol. The normalized spacial score (nSPS) is 11.9. The van der Waals surface area contributed by atoms with Crippen molar-refractivity contribution in [1.29, 1.82) is 0 Å². The molecule has 144 valence electrons. The second-order valence-corrected chi connectivity index (χ2v) is 6.91. The Morgan fingerprint density at radius 3 is 2.45 bits per heavy atom. The summed E-state index contributed by atoms with van der Waals surface area (Å²) in [5, 5.41) is 0. The predicted octanol–water partition coefficient (Wildman–Crippen LogP) is 4.40. The lowest BCUT2D eigenvalue weighted by Gasteiger charge is -2.13. The van der Waals surface area contributed by atoms with Crippen molar-refractivity contribution in [2.45, 2.75) is 25.7 Å². The molecule has 0 aliphatic carbocycles. The van der Waals surface area contributed by atoms with E-state index in [1.165, 1.54) is 12.1 Å². The zero-order chi connectivity index (χ0) is 20.1. The van der Waals surface area contributed by atoms with Crippen molar-refractivity contribution in [3.63, 3.8) is 0 Å². The predicted molar refractivity (Wildman–Crippen MR) is 109 cm³/mol. The molecule has 3 heterocycles. The Morgan fingerprint density at radius 2 is 1.72 bits per heavy atom. The fraction of sp³-hybridized carbons (Fsp3) is 0.174. The lowest BCUT2D eigenvalue weighted by atomic mass is 9.97. The molecule has 0 saturated carbocycles. The number of halogens is 1. The van der Waals surface area contributed by atoms with Gasteiger partial charge >= 0.3 is 0 Å². The first-order chi connectivity index (χ1) is 14.2. The summed E-state index contributed by atoms with van der Waals surface area (Å²) < 4.78 is 13.2. The molecule has 6 heteroatoms. The molecular formula is C23H20FN5. The Hall–Kier alpha value is -3.54. The third-order valence-corrected chi connectivity index (χ3v) is 4.66. The van der Waals surface area contributed by atoms with Crippen LogP contribution in [0.4, 0.5) is 4.39 Å². The van der Waals surface area contributed by atoms with Crippen LogP contribution in [-0.4, -0.2) is 24.9 Å². The van der Waals surface area contributed by atoms with Crippen molar-refractivity contribution in [2.75, 3.05) is 0 Å². The van der Waals surface area contributed by atoms with Crippen molar-refractivity contribution in [1.82, 2.24) is 24.9 Å². The third kappa shape index (κ3) is 4.85. The van der Waals surface area contributed by atoms with Crippen molar-refractivity contribution in [3.05, 3.63) is 102 Å². The highest BCUT2D eigenvalue weighted by atomic mass is 19.1. The van der Waals surface area contributed by atoms with Crippen LogP contribution in [0.5, 0.6) is 0 Å². The molecule has 4 rings (SSSR count). The Bertz CT molecular complexity index is 1070. The van der Waals surface area contributed by atoms with Crippen LogP contribution in [0.15, 0.2) is 73.3 Å². The van der Waals surface area contributed by atoms with Crippen LogP contribution in [0.3, 0.4) is 0 Å². The summed E-state index contributed by atoms with van der Waals surface area (Å²) in [6, 6.07) is 14.3. The fourth-order valence-electron chi connectivity index (χ4n) is 3.17. The van der Waals surface area contributed by atoms with Gasteiger partial charge in [-0.3, -0.25) is 15.0 Å². The SMILES string of the molecule is C[C@H](Cc1nc(Cc2cnccn2)cc(-c2ccccn2)n1)c1ccc(F)cc1. The van der Waals surface area contributed by atoms with Crippen molar-refractivity contribution in [2.24, 2.45) is 0 Å². The summed E-state index contributed by atoms with van der Waals surface area (Å²) in [6.45, 7) is 2.09. The second-order valence-electron chi connectivity index (χ2n) is 6.91. The van der Waals surface area contributed by atoms with Gasteiger partial charge in [-0.05, 0) is 41.8 Å². The minimum atomic E-state index is -0.236. The highest BCUT2D eigenvalue weighted by Gasteiger charge is 2.13. The van der Waals surface area contributed by atoms with Gasteiger partial charge in [0.25, 0.3) is 0 Å². The average Bonchev–Trinajstić information content (AvgIpc) is 2.75. The van der Waals surface area contributed by atoms with Crippen molar-refractivity contribution >= 4 is 0 Å². The summed E-state index contributed by atoms with van der Waals surface area (Å²) in [6.07, 6.45) is 8.02. The van der Waals surface area contributed by atoms with Gasteiger partial charge in [-0.15, -0.1) is 0 Å². The molecule has 5 nitrogen and oxygen atoms in total. The molecule has 0 bridgehead atoms. The van der Waals surface area contributed by atoms with Crippen LogP contribution >= 0.6 is 0 Å². The molecule has 0 fully saturated rings. The maximum atomic E-state index is 13.2. The van der Waals surface area contributed by atoms with Gasteiger partial charge in [0.15, 0.2) is 0 Å². The Kier molecular flexibility index (Phi) is 5.61. The molecule has 0 unspecified atom stereocenters. The van der Waals surface area contributed by atoms with E-state index in [0.29, 0.717) is 12.8 Å². The lowest BCUT2D eigenvalue weighted by Crippen LogP contribution is -2.07. The third-order valence-electron chi connectivity index (χ3n) is 4.66. The number of rotatable bonds is 6. The standard InChI is InChI=1S/C23H20FN5/c1-16(17-5-7-18(24)8-6-17)12-23-28-19(13-20-15-25-10-11-26-20)14-22(29-23)21-4-2-3-9-27-21/h2-11,14-16H,12-13H2,1H3/t16-/m1/s1. The summed E-state index contributed by atoms with van der Waals surface area (Å²) in [4.78, 5) is 22.4. The molecule has 0 aliphatic rings. The van der Waals surface area contributed by atoms with E-state index >= 15 is 0 Å². The summed E-state index contributed by atoms with van der Waals surface area (Å²) in [5.74, 6) is 0.642. The quantitative estimate of drug-likeness (QED) is 0.492. The van der Waals surface area contributed by atoms with E-state index < -0.39 is 0 Å². The first-order valence-electron chi connectivity index (χ1n) is 9.46. The van der Waals surface area contributed by atoms with Crippen LogP contribution in [0.25, 0.3) is 11.4 Å². The fourth-order valence-corrected chi connectivity index (χ4v) is 3.17. The number of hydrogen-bond acceptors (Lipinski definition) is 5. The molecule has 29 heavy (non-hydrogen) atoms. The van der Waals surface area contributed by atoms with Crippen LogP contribution in [0.1, 0.15) is 35.6 Å². The number of hydrogen-bond donors (Lipinski definition) is 0. The van der Waals surface area contributed by atoms with Gasteiger partial charge in [-0.25, -0.2) is 14.4 Å². The zero-order valence-electron chi connectivity index (χ0n) is 16.0. The Balaban J connectivity index is 1.66. The molecule has 3 aromatic heterocycles. The molecule has 0 N–H and O–H groups in total. The summed E-state index contributed by atoms with van der Waals surface area (Å²) in [5.41, 5.74) is 4.33. The van der Waals surface area contributed by atoms with Crippen LogP contribution in [-0.2, 0) is 12.8 Å². The van der Waals surface area contributed by atoms with Crippen LogP contribution in [0.2, 0.25) is 0 Å². The molecule has 1 aromatic carbocycles. The number of aromatic nitrogens is 5. The first kappa shape index (κ1) is 18.8. The highest BCUT2D eigenvalue weighted by Crippen LogP contribution is 2.22. The monoisotopic (exact) mass is 385 g/mol. The van der Waals surface area contributed by atoms with E-state index in [0.717, 1.165) is 34.2 Å². The molecule has 0 saturated heterocycles. The van der Waals surface area contributed by atoms with E-state index in [9.17, 15) is 4.39 Å². The number of nitrogens with zero attached hydrogens (tertiary/aromatic N) is 5. The van der Waals surface area contributed by atoms with Gasteiger partial charge < -0.3 is 0 Å². The molecule has 0 aliphatic heterocycles. The Labute approximate surface area is 168 Å². The minimum Gasteiger partial charge on any atom is -0.261 e. The van der Waals surface area contributed by atoms with Gasteiger partial charge in [0, 0.05) is 37.6 Å². The first-order valence-corrected chi connectivity index (χ1v) is 9.46. The van der Waals surface area contributed by atoms with Gasteiger partial charge in [0.1, 0.15) is 11.6 Å². The van der Waals surface area contributed by atoms with E-state index in [2.05, 4.69) is 21.9 Å². The van der Waals surface area contributed by atoms with E-state index in [1.807, 2.05) is 36.4 Å².